The Labute approximate surface area is 162 Å². The molecule has 0 saturated heterocycles. The molecule has 0 saturated carbocycles. The molecular weight excluding hydrogens is 360 g/mol. The first-order valence-electron chi connectivity index (χ1n) is 8.37. The number of benzene rings is 2. The molecule has 1 aromatic heterocycles. The van der Waals surface area contributed by atoms with Gasteiger partial charge in [-0.2, -0.15) is 0 Å². The summed E-state index contributed by atoms with van der Waals surface area (Å²) in [4.78, 5) is 18.2. The van der Waals surface area contributed by atoms with E-state index in [4.69, 9.17) is 9.84 Å². The van der Waals surface area contributed by atoms with Crippen molar-refractivity contribution in [2.75, 3.05) is 24.8 Å². The molecule has 3 aromatic rings. The average molecular weight is 380 g/mol. The summed E-state index contributed by atoms with van der Waals surface area (Å²) in [6.07, 6.45) is 0. The summed E-state index contributed by atoms with van der Waals surface area (Å²) in [6, 6.07) is 21.7. The topological polar surface area (TPSA) is 62.7 Å². The number of carboxylic acids is 1. The van der Waals surface area contributed by atoms with Crippen LogP contribution < -0.4 is 9.64 Å². The molecule has 6 heteroatoms. The molecule has 138 valence electrons. The van der Waals surface area contributed by atoms with E-state index in [1.54, 1.807) is 7.11 Å². The van der Waals surface area contributed by atoms with Crippen LogP contribution in [0.5, 0.6) is 5.88 Å². The first kappa shape index (κ1) is 18.8. The summed E-state index contributed by atoms with van der Waals surface area (Å²) < 4.78 is 5.52. The number of pyridine rings is 1. The standard InChI is InChI=1S/C21H20N2O3S/c1-23(16-8-10-17(11-9-16)27-14-20(24)25)19-13-12-18(22-21(19)26-2)15-6-4-3-5-7-15/h3-13H,14H2,1-2H3,(H,24,25). The highest BCUT2D eigenvalue weighted by molar-refractivity contribution is 8.00. The van der Waals surface area contributed by atoms with Gasteiger partial charge in [0.05, 0.1) is 18.6 Å². The summed E-state index contributed by atoms with van der Waals surface area (Å²) in [6.45, 7) is 0. The summed E-state index contributed by atoms with van der Waals surface area (Å²) in [7, 11) is 3.56. The van der Waals surface area contributed by atoms with Crippen LogP contribution in [0.4, 0.5) is 11.4 Å². The van der Waals surface area contributed by atoms with Crippen LogP contribution in [0.25, 0.3) is 11.3 Å². The number of aromatic nitrogens is 1. The van der Waals surface area contributed by atoms with E-state index in [0.717, 1.165) is 27.5 Å². The molecule has 0 unspecified atom stereocenters. The molecule has 0 aliphatic rings. The van der Waals surface area contributed by atoms with Gasteiger partial charge in [-0.1, -0.05) is 30.3 Å². The third-order valence-corrected chi connectivity index (χ3v) is 5.05. The minimum absolute atomic E-state index is 0.0495. The maximum Gasteiger partial charge on any atom is 0.313 e. The van der Waals surface area contributed by atoms with Gasteiger partial charge in [-0.15, -0.1) is 11.8 Å². The fraction of sp³-hybridized carbons (Fsp3) is 0.143. The molecule has 0 spiro atoms. The summed E-state index contributed by atoms with van der Waals surface area (Å²) in [5, 5.41) is 8.78. The van der Waals surface area contributed by atoms with E-state index in [0.29, 0.717) is 5.88 Å². The molecule has 5 nitrogen and oxygen atoms in total. The zero-order chi connectivity index (χ0) is 19.2. The lowest BCUT2D eigenvalue weighted by Gasteiger charge is -2.22. The van der Waals surface area contributed by atoms with Gasteiger partial charge < -0.3 is 14.7 Å². The van der Waals surface area contributed by atoms with E-state index in [2.05, 4.69) is 4.98 Å². The van der Waals surface area contributed by atoms with E-state index in [1.165, 1.54) is 11.8 Å². The molecule has 0 aliphatic heterocycles. The number of carboxylic acid groups (broad SMARTS) is 1. The van der Waals surface area contributed by atoms with Crippen LogP contribution in [0.2, 0.25) is 0 Å². The highest BCUT2D eigenvalue weighted by Gasteiger charge is 2.13. The van der Waals surface area contributed by atoms with Crippen LogP contribution in [0.15, 0.2) is 71.6 Å². The van der Waals surface area contributed by atoms with Crippen molar-refractivity contribution in [2.45, 2.75) is 4.90 Å². The highest BCUT2D eigenvalue weighted by Crippen LogP contribution is 2.34. The number of hydrogen-bond acceptors (Lipinski definition) is 5. The number of anilines is 2. The van der Waals surface area contributed by atoms with Gasteiger partial charge in [0.15, 0.2) is 0 Å². The normalized spacial score (nSPS) is 10.4. The van der Waals surface area contributed by atoms with Gasteiger partial charge in [0.2, 0.25) is 5.88 Å². The Kier molecular flexibility index (Phi) is 5.98. The van der Waals surface area contributed by atoms with Gasteiger partial charge in [0.1, 0.15) is 5.69 Å². The number of thioether (sulfide) groups is 1. The van der Waals surface area contributed by atoms with Crippen LogP contribution in [0.1, 0.15) is 0 Å². The minimum Gasteiger partial charge on any atom is -0.481 e. The Morgan fingerprint density at radius 2 is 1.78 bits per heavy atom. The van der Waals surface area contributed by atoms with E-state index < -0.39 is 5.97 Å². The molecule has 3 rings (SSSR count). The zero-order valence-electron chi connectivity index (χ0n) is 15.1. The van der Waals surface area contributed by atoms with E-state index >= 15 is 0 Å². The first-order chi connectivity index (χ1) is 13.1. The Hall–Kier alpha value is -2.99. The van der Waals surface area contributed by atoms with Crippen LogP contribution in [-0.2, 0) is 4.79 Å². The quantitative estimate of drug-likeness (QED) is 0.600. The number of hydrogen-bond donors (Lipinski definition) is 1. The second-order valence-electron chi connectivity index (χ2n) is 5.83. The van der Waals surface area contributed by atoms with Crippen molar-refractivity contribution >= 4 is 29.1 Å². The molecule has 2 aromatic carbocycles. The van der Waals surface area contributed by atoms with Gasteiger partial charge in [0, 0.05) is 23.2 Å². The average Bonchev–Trinajstić information content (AvgIpc) is 2.72. The molecule has 1 heterocycles. The van der Waals surface area contributed by atoms with Crippen LogP contribution in [-0.4, -0.2) is 36.0 Å². The van der Waals surface area contributed by atoms with E-state index in [-0.39, 0.29) is 5.75 Å². The summed E-state index contributed by atoms with van der Waals surface area (Å²) in [5.74, 6) is -0.230. The van der Waals surface area contributed by atoms with Gasteiger partial charge in [-0.25, -0.2) is 4.98 Å². The number of nitrogens with zero attached hydrogens (tertiary/aromatic N) is 2. The Bertz CT molecular complexity index is 914. The van der Waals surface area contributed by atoms with Gasteiger partial charge in [-0.3, -0.25) is 4.79 Å². The van der Waals surface area contributed by atoms with Gasteiger partial charge in [-0.05, 0) is 36.4 Å². The summed E-state index contributed by atoms with van der Waals surface area (Å²) in [5.41, 5.74) is 3.69. The molecular formula is C21H20N2O3S. The van der Waals surface area contributed by atoms with Crippen molar-refractivity contribution in [3.05, 3.63) is 66.7 Å². The number of ether oxygens (including phenoxy) is 1. The second-order valence-corrected chi connectivity index (χ2v) is 6.88. The van der Waals surface area contributed by atoms with Crippen molar-refractivity contribution in [3.8, 4) is 17.1 Å². The van der Waals surface area contributed by atoms with Gasteiger partial charge in [0.25, 0.3) is 0 Å². The predicted molar refractivity (Wildman–Crippen MR) is 109 cm³/mol. The maximum atomic E-state index is 10.7. The third kappa shape index (κ3) is 4.60. The fourth-order valence-electron chi connectivity index (χ4n) is 2.66. The summed E-state index contributed by atoms with van der Waals surface area (Å²) >= 11 is 1.30. The van der Waals surface area contributed by atoms with Crippen LogP contribution in [0, 0.1) is 0 Å². The molecule has 1 N–H and O–H groups in total. The molecule has 0 fully saturated rings. The van der Waals surface area contributed by atoms with Crippen molar-refractivity contribution in [2.24, 2.45) is 0 Å². The SMILES string of the molecule is COc1nc(-c2ccccc2)ccc1N(C)c1ccc(SCC(=O)O)cc1. The molecule has 0 bridgehead atoms. The van der Waals surface area contributed by atoms with Crippen molar-refractivity contribution in [3.63, 3.8) is 0 Å². The van der Waals surface area contributed by atoms with E-state index in [1.807, 2.05) is 78.7 Å². The third-order valence-electron chi connectivity index (χ3n) is 4.05. The Morgan fingerprint density at radius 1 is 1.07 bits per heavy atom. The molecule has 0 amide bonds. The zero-order valence-corrected chi connectivity index (χ0v) is 15.9. The molecule has 0 radical (unpaired) electrons. The number of carbonyl (C=O) groups is 1. The molecule has 27 heavy (non-hydrogen) atoms. The number of rotatable bonds is 7. The number of methoxy groups -OCH3 is 1. The minimum atomic E-state index is -0.824. The lowest BCUT2D eigenvalue weighted by atomic mass is 10.1. The second kappa shape index (κ2) is 8.60. The predicted octanol–water partition coefficient (Wildman–Crippen LogP) is 4.70. The van der Waals surface area contributed by atoms with Crippen molar-refractivity contribution in [1.82, 2.24) is 4.98 Å². The maximum absolute atomic E-state index is 10.7. The molecule has 0 atom stereocenters. The van der Waals surface area contributed by atoms with Crippen LogP contribution >= 0.6 is 11.8 Å². The largest absolute Gasteiger partial charge is 0.481 e. The fourth-order valence-corrected chi connectivity index (χ4v) is 3.28. The number of aliphatic carboxylic acids is 1. The lowest BCUT2D eigenvalue weighted by molar-refractivity contribution is -0.133. The monoisotopic (exact) mass is 380 g/mol. The van der Waals surface area contributed by atoms with Gasteiger partial charge >= 0.3 is 5.97 Å². The Morgan fingerprint density at radius 3 is 2.41 bits per heavy atom. The highest BCUT2D eigenvalue weighted by atomic mass is 32.2. The lowest BCUT2D eigenvalue weighted by Crippen LogP contribution is -2.11. The van der Waals surface area contributed by atoms with Crippen LogP contribution in [0.3, 0.4) is 0 Å². The Balaban J connectivity index is 1.83. The first-order valence-corrected chi connectivity index (χ1v) is 9.36. The smallest absolute Gasteiger partial charge is 0.313 e. The van der Waals surface area contributed by atoms with E-state index in [9.17, 15) is 4.79 Å². The van der Waals surface area contributed by atoms with Crippen molar-refractivity contribution < 1.29 is 14.6 Å². The molecule has 0 aliphatic carbocycles. The van der Waals surface area contributed by atoms with Crippen molar-refractivity contribution in [1.29, 1.82) is 0 Å².